The molecular formula is C16H26N2O3. The van der Waals surface area contributed by atoms with Crippen LogP contribution >= 0.6 is 0 Å². The maximum absolute atomic E-state index is 12.0. The molecule has 1 aromatic rings. The molecule has 0 radical (unpaired) electrons. The molecule has 118 valence electrons. The Morgan fingerprint density at radius 1 is 1.24 bits per heavy atom. The standard InChI is InChI=1S/C16H26N2O3/c1-10(17)12-7-8-13(14(9-12)20-6)21-11(2)15(19)18-16(3,4)5/h7-11H,17H2,1-6H3,(H,18,19)/t10-,11?/m1/s1. The summed E-state index contributed by atoms with van der Waals surface area (Å²) >= 11 is 0. The van der Waals surface area contributed by atoms with Crippen molar-refractivity contribution in [3.63, 3.8) is 0 Å². The average Bonchev–Trinajstić information content (AvgIpc) is 2.36. The van der Waals surface area contributed by atoms with E-state index in [9.17, 15) is 4.79 Å². The zero-order valence-electron chi connectivity index (χ0n) is 13.7. The van der Waals surface area contributed by atoms with Gasteiger partial charge in [0, 0.05) is 11.6 Å². The molecule has 0 saturated carbocycles. The summed E-state index contributed by atoms with van der Waals surface area (Å²) in [6.07, 6.45) is -0.612. The molecule has 0 bridgehead atoms. The van der Waals surface area contributed by atoms with Gasteiger partial charge in [-0.25, -0.2) is 0 Å². The fourth-order valence-corrected chi connectivity index (χ4v) is 1.78. The van der Waals surface area contributed by atoms with Gasteiger partial charge in [0.2, 0.25) is 0 Å². The van der Waals surface area contributed by atoms with Gasteiger partial charge in [-0.05, 0) is 52.3 Å². The van der Waals surface area contributed by atoms with Crippen LogP contribution in [-0.4, -0.2) is 24.7 Å². The summed E-state index contributed by atoms with van der Waals surface area (Å²) in [5.41, 5.74) is 6.50. The van der Waals surface area contributed by atoms with Crippen LogP contribution in [0.2, 0.25) is 0 Å². The molecule has 0 fully saturated rings. The van der Waals surface area contributed by atoms with Crippen LogP contribution in [0, 0.1) is 0 Å². The predicted octanol–water partition coefficient (Wildman–Crippen LogP) is 2.40. The second kappa shape index (κ2) is 6.80. The number of methoxy groups -OCH3 is 1. The predicted molar refractivity (Wildman–Crippen MR) is 83.6 cm³/mol. The van der Waals surface area contributed by atoms with Crippen LogP contribution in [0.5, 0.6) is 11.5 Å². The zero-order chi connectivity index (χ0) is 16.2. The monoisotopic (exact) mass is 294 g/mol. The topological polar surface area (TPSA) is 73.6 Å². The number of carbonyl (C=O) groups is 1. The van der Waals surface area contributed by atoms with E-state index in [0.29, 0.717) is 11.5 Å². The quantitative estimate of drug-likeness (QED) is 0.874. The van der Waals surface area contributed by atoms with Crippen molar-refractivity contribution >= 4 is 5.91 Å². The normalized spacial score (nSPS) is 14.2. The first kappa shape index (κ1) is 17.3. The number of nitrogens with one attached hydrogen (secondary N) is 1. The summed E-state index contributed by atoms with van der Waals surface area (Å²) in [5, 5.41) is 2.88. The molecule has 2 atom stereocenters. The van der Waals surface area contributed by atoms with Crippen molar-refractivity contribution in [2.45, 2.75) is 52.3 Å². The minimum absolute atomic E-state index is 0.0884. The van der Waals surface area contributed by atoms with E-state index in [1.807, 2.05) is 39.8 Å². The second-order valence-corrected chi connectivity index (χ2v) is 6.20. The molecule has 0 aromatic heterocycles. The first-order chi connectivity index (χ1) is 9.64. The smallest absolute Gasteiger partial charge is 0.261 e. The molecule has 3 N–H and O–H groups in total. The SMILES string of the molecule is COc1cc([C@@H](C)N)ccc1OC(C)C(=O)NC(C)(C)C. The van der Waals surface area contributed by atoms with Gasteiger partial charge in [0.05, 0.1) is 7.11 Å². The third-order valence-electron chi connectivity index (χ3n) is 2.88. The Labute approximate surface area is 126 Å². The van der Waals surface area contributed by atoms with Gasteiger partial charge in [0.1, 0.15) is 0 Å². The van der Waals surface area contributed by atoms with Crippen molar-refractivity contribution in [2.75, 3.05) is 7.11 Å². The van der Waals surface area contributed by atoms with Gasteiger partial charge >= 0.3 is 0 Å². The Bertz CT molecular complexity index is 493. The largest absolute Gasteiger partial charge is 0.493 e. The highest BCUT2D eigenvalue weighted by Crippen LogP contribution is 2.30. The first-order valence-corrected chi connectivity index (χ1v) is 7.06. The molecule has 5 nitrogen and oxygen atoms in total. The van der Waals surface area contributed by atoms with Crippen LogP contribution in [0.3, 0.4) is 0 Å². The Morgan fingerprint density at radius 2 is 1.86 bits per heavy atom. The fraction of sp³-hybridized carbons (Fsp3) is 0.562. The van der Waals surface area contributed by atoms with Crippen LogP contribution in [-0.2, 0) is 4.79 Å². The van der Waals surface area contributed by atoms with Crippen LogP contribution < -0.4 is 20.5 Å². The maximum Gasteiger partial charge on any atom is 0.261 e. The lowest BCUT2D eigenvalue weighted by molar-refractivity contribution is -0.128. The third kappa shape index (κ3) is 5.27. The number of hydrogen-bond donors (Lipinski definition) is 2. The summed E-state index contributed by atoms with van der Waals surface area (Å²) in [6.45, 7) is 9.38. The van der Waals surface area contributed by atoms with Crippen LogP contribution in [0.1, 0.15) is 46.2 Å². The Hall–Kier alpha value is -1.75. The van der Waals surface area contributed by atoms with E-state index in [0.717, 1.165) is 5.56 Å². The third-order valence-corrected chi connectivity index (χ3v) is 2.88. The van der Waals surface area contributed by atoms with Crippen molar-refractivity contribution < 1.29 is 14.3 Å². The van der Waals surface area contributed by atoms with E-state index in [1.165, 1.54) is 0 Å². The van der Waals surface area contributed by atoms with Gasteiger partial charge < -0.3 is 20.5 Å². The maximum atomic E-state index is 12.0. The summed E-state index contributed by atoms with van der Waals surface area (Å²) in [5.74, 6) is 0.930. The number of carbonyl (C=O) groups excluding carboxylic acids is 1. The van der Waals surface area contributed by atoms with Gasteiger partial charge in [0.25, 0.3) is 5.91 Å². The van der Waals surface area contributed by atoms with Gasteiger partial charge in [-0.2, -0.15) is 0 Å². The zero-order valence-corrected chi connectivity index (χ0v) is 13.7. The van der Waals surface area contributed by atoms with Crippen molar-refractivity contribution in [2.24, 2.45) is 5.73 Å². The van der Waals surface area contributed by atoms with Crippen LogP contribution in [0.4, 0.5) is 0 Å². The van der Waals surface area contributed by atoms with E-state index < -0.39 is 6.10 Å². The molecule has 0 spiro atoms. The van der Waals surface area contributed by atoms with Gasteiger partial charge in [0.15, 0.2) is 17.6 Å². The Kier molecular flexibility index (Phi) is 5.61. The van der Waals surface area contributed by atoms with E-state index in [2.05, 4.69) is 5.32 Å². The van der Waals surface area contributed by atoms with E-state index in [4.69, 9.17) is 15.2 Å². The second-order valence-electron chi connectivity index (χ2n) is 6.20. The number of amides is 1. The number of rotatable bonds is 5. The number of ether oxygens (including phenoxy) is 2. The molecule has 1 rings (SSSR count). The minimum Gasteiger partial charge on any atom is -0.493 e. The average molecular weight is 294 g/mol. The molecule has 0 saturated heterocycles. The van der Waals surface area contributed by atoms with E-state index in [-0.39, 0.29) is 17.5 Å². The highest BCUT2D eigenvalue weighted by molar-refractivity contribution is 5.81. The Morgan fingerprint density at radius 3 is 2.33 bits per heavy atom. The molecule has 1 amide bonds. The number of hydrogen-bond acceptors (Lipinski definition) is 4. The van der Waals surface area contributed by atoms with Crippen LogP contribution in [0.25, 0.3) is 0 Å². The molecule has 0 heterocycles. The lowest BCUT2D eigenvalue weighted by Gasteiger charge is -2.24. The van der Waals surface area contributed by atoms with Gasteiger partial charge in [-0.1, -0.05) is 6.07 Å². The highest BCUT2D eigenvalue weighted by Gasteiger charge is 2.21. The van der Waals surface area contributed by atoms with Crippen molar-refractivity contribution in [3.8, 4) is 11.5 Å². The van der Waals surface area contributed by atoms with Crippen molar-refractivity contribution in [1.82, 2.24) is 5.32 Å². The van der Waals surface area contributed by atoms with Gasteiger partial charge in [-0.3, -0.25) is 4.79 Å². The first-order valence-electron chi connectivity index (χ1n) is 7.06. The van der Waals surface area contributed by atoms with Crippen molar-refractivity contribution in [3.05, 3.63) is 23.8 Å². The summed E-state index contributed by atoms with van der Waals surface area (Å²) in [4.78, 5) is 12.0. The summed E-state index contributed by atoms with van der Waals surface area (Å²) in [6, 6.07) is 5.39. The van der Waals surface area contributed by atoms with E-state index in [1.54, 1.807) is 20.1 Å². The summed E-state index contributed by atoms with van der Waals surface area (Å²) in [7, 11) is 1.56. The number of benzene rings is 1. The highest BCUT2D eigenvalue weighted by atomic mass is 16.5. The number of nitrogens with two attached hydrogens (primary N) is 1. The lowest BCUT2D eigenvalue weighted by Crippen LogP contribution is -2.46. The van der Waals surface area contributed by atoms with Crippen LogP contribution in [0.15, 0.2) is 18.2 Å². The summed E-state index contributed by atoms with van der Waals surface area (Å²) < 4.78 is 11.0. The van der Waals surface area contributed by atoms with Gasteiger partial charge in [-0.15, -0.1) is 0 Å². The minimum atomic E-state index is -0.612. The molecule has 0 aliphatic rings. The molecule has 5 heteroatoms. The molecule has 1 unspecified atom stereocenters. The molecule has 21 heavy (non-hydrogen) atoms. The molecular weight excluding hydrogens is 268 g/mol. The fourth-order valence-electron chi connectivity index (χ4n) is 1.78. The van der Waals surface area contributed by atoms with Crippen molar-refractivity contribution in [1.29, 1.82) is 0 Å². The van der Waals surface area contributed by atoms with E-state index >= 15 is 0 Å². The molecule has 0 aliphatic heterocycles. The molecule has 0 aliphatic carbocycles. The molecule has 1 aromatic carbocycles. The Balaban J connectivity index is 2.85. The lowest BCUT2D eigenvalue weighted by atomic mass is 10.1.